The van der Waals surface area contributed by atoms with Gasteiger partial charge >= 0.3 is 0 Å². The van der Waals surface area contributed by atoms with Gasteiger partial charge in [-0.15, -0.1) is 11.3 Å². The molecule has 1 aromatic carbocycles. The van der Waals surface area contributed by atoms with Gasteiger partial charge in [0.15, 0.2) is 5.78 Å². The van der Waals surface area contributed by atoms with Gasteiger partial charge in [-0.05, 0) is 30.5 Å². The zero-order chi connectivity index (χ0) is 10.4. The van der Waals surface area contributed by atoms with E-state index in [0.29, 0.717) is 5.78 Å². The molecule has 15 heavy (non-hydrogen) atoms. The lowest BCUT2D eigenvalue weighted by atomic mass is 9.95. The Balaban J connectivity index is 2.41. The van der Waals surface area contributed by atoms with Crippen LogP contribution >= 0.6 is 27.3 Å². The number of benzene rings is 1. The summed E-state index contributed by atoms with van der Waals surface area (Å²) in [6.45, 7) is 0. The first-order valence-corrected chi connectivity index (χ1v) is 6.61. The van der Waals surface area contributed by atoms with Gasteiger partial charge in [0.2, 0.25) is 0 Å². The van der Waals surface area contributed by atoms with Crippen LogP contribution < -0.4 is 0 Å². The van der Waals surface area contributed by atoms with Gasteiger partial charge in [-0.25, -0.2) is 0 Å². The first-order valence-electron chi connectivity index (χ1n) is 5.00. The molecule has 0 spiro atoms. The molecule has 3 heteroatoms. The summed E-state index contributed by atoms with van der Waals surface area (Å²) in [7, 11) is 0. The largest absolute Gasteiger partial charge is 0.293 e. The third-order valence-electron chi connectivity index (χ3n) is 2.85. The average molecular weight is 281 g/mol. The van der Waals surface area contributed by atoms with Crippen molar-refractivity contribution in [2.24, 2.45) is 0 Å². The molecule has 0 aliphatic heterocycles. The van der Waals surface area contributed by atoms with Crippen LogP contribution in [0.25, 0.3) is 10.1 Å². The second-order valence-electron chi connectivity index (χ2n) is 3.80. The predicted molar refractivity (Wildman–Crippen MR) is 66.8 cm³/mol. The van der Waals surface area contributed by atoms with Gasteiger partial charge in [0.1, 0.15) is 0 Å². The molecule has 0 fully saturated rings. The number of hydrogen-bond donors (Lipinski definition) is 0. The molecule has 1 nitrogen and oxygen atoms in total. The molecule has 1 aliphatic carbocycles. The van der Waals surface area contributed by atoms with Crippen molar-refractivity contribution >= 4 is 43.1 Å². The molecule has 0 bridgehead atoms. The minimum atomic E-state index is 0.323. The van der Waals surface area contributed by atoms with E-state index in [0.717, 1.165) is 28.6 Å². The second kappa shape index (κ2) is 3.42. The molecule has 76 valence electrons. The number of hydrogen-bond acceptors (Lipinski definition) is 2. The van der Waals surface area contributed by atoms with Crippen LogP contribution in [0.15, 0.2) is 22.7 Å². The van der Waals surface area contributed by atoms with Crippen molar-refractivity contribution in [2.45, 2.75) is 19.3 Å². The van der Waals surface area contributed by atoms with Crippen molar-refractivity contribution in [2.75, 3.05) is 0 Å². The molecule has 3 rings (SSSR count). The Labute approximate surface area is 100 Å². The molecular weight excluding hydrogens is 272 g/mol. The standard InChI is InChI=1S/C12H9BrOS/c13-8-4-2-6-10-11(8)7-3-1-5-9(14)12(7)15-10/h2,4,6H,1,3,5H2. The summed E-state index contributed by atoms with van der Waals surface area (Å²) in [5.41, 5.74) is 1.26. The minimum absolute atomic E-state index is 0.323. The van der Waals surface area contributed by atoms with Crippen LogP contribution in [0, 0.1) is 0 Å². The van der Waals surface area contributed by atoms with Gasteiger partial charge in [0, 0.05) is 21.0 Å². The fourth-order valence-corrected chi connectivity index (χ4v) is 4.15. The highest BCUT2D eigenvalue weighted by atomic mass is 79.9. The van der Waals surface area contributed by atoms with Gasteiger partial charge in [0.05, 0.1) is 4.88 Å². The number of aryl methyl sites for hydroxylation is 1. The number of thiophene rings is 1. The van der Waals surface area contributed by atoms with Crippen molar-refractivity contribution in [3.05, 3.63) is 33.1 Å². The third-order valence-corrected chi connectivity index (χ3v) is 4.75. The summed E-state index contributed by atoms with van der Waals surface area (Å²) in [5.74, 6) is 0.323. The van der Waals surface area contributed by atoms with Crippen LogP contribution in [-0.2, 0) is 6.42 Å². The van der Waals surface area contributed by atoms with Gasteiger partial charge in [-0.1, -0.05) is 22.0 Å². The molecule has 1 heterocycles. The lowest BCUT2D eigenvalue weighted by Crippen LogP contribution is -2.07. The molecule has 2 aromatic rings. The van der Waals surface area contributed by atoms with Gasteiger partial charge in [0.25, 0.3) is 0 Å². The smallest absolute Gasteiger partial charge is 0.173 e. The van der Waals surface area contributed by atoms with E-state index < -0.39 is 0 Å². The Morgan fingerprint density at radius 1 is 1.27 bits per heavy atom. The van der Waals surface area contributed by atoms with E-state index in [1.54, 1.807) is 11.3 Å². The number of carbonyl (C=O) groups is 1. The number of halogens is 1. The number of Topliss-reactive ketones (excluding diaryl/α,β-unsaturated/α-hetero) is 1. The molecule has 1 aliphatic rings. The molecule has 0 atom stereocenters. The zero-order valence-corrected chi connectivity index (χ0v) is 10.5. The Morgan fingerprint density at radius 2 is 2.13 bits per heavy atom. The Kier molecular flexibility index (Phi) is 2.18. The number of ketones is 1. The van der Waals surface area contributed by atoms with Crippen molar-refractivity contribution in [3.8, 4) is 0 Å². The van der Waals surface area contributed by atoms with Gasteiger partial charge in [-0.3, -0.25) is 4.79 Å². The van der Waals surface area contributed by atoms with E-state index in [4.69, 9.17) is 0 Å². The van der Waals surface area contributed by atoms with E-state index >= 15 is 0 Å². The second-order valence-corrected chi connectivity index (χ2v) is 5.71. The summed E-state index contributed by atoms with van der Waals surface area (Å²) in [6, 6.07) is 6.17. The molecule has 1 aromatic heterocycles. The van der Waals surface area contributed by atoms with Crippen molar-refractivity contribution in [1.82, 2.24) is 0 Å². The monoisotopic (exact) mass is 280 g/mol. The zero-order valence-electron chi connectivity index (χ0n) is 8.05. The fraction of sp³-hybridized carbons (Fsp3) is 0.250. The van der Waals surface area contributed by atoms with Crippen LogP contribution in [0.5, 0.6) is 0 Å². The molecule has 0 unspecified atom stereocenters. The highest BCUT2D eigenvalue weighted by Gasteiger charge is 2.22. The quantitative estimate of drug-likeness (QED) is 0.708. The Hall–Kier alpha value is -0.670. The maximum atomic E-state index is 11.8. The highest BCUT2D eigenvalue weighted by Crippen LogP contribution is 2.39. The summed E-state index contributed by atoms with van der Waals surface area (Å²) >= 11 is 5.21. The SMILES string of the molecule is O=C1CCCc2c1sc1cccc(Br)c21. The maximum Gasteiger partial charge on any atom is 0.173 e. The number of rotatable bonds is 0. The number of carbonyl (C=O) groups excluding carboxylic acids is 1. The van der Waals surface area contributed by atoms with Crippen LogP contribution in [0.1, 0.15) is 28.1 Å². The van der Waals surface area contributed by atoms with Gasteiger partial charge < -0.3 is 0 Å². The van der Waals surface area contributed by atoms with Crippen LogP contribution in [0.3, 0.4) is 0 Å². The molecular formula is C12H9BrOS. The molecule has 0 amide bonds. The lowest BCUT2D eigenvalue weighted by molar-refractivity contribution is 0.0977. The van der Waals surface area contributed by atoms with E-state index in [-0.39, 0.29) is 0 Å². The summed E-state index contributed by atoms with van der Waals surface area (Å²) in [6.07, 6.45) is 2.76. The molecule has 0 saturated carbocycles. The van der Waals surface area contributed by atoms with E-state index in [2.05, 4.69) is 28.1 Å². The van der Waals surface area contributed by atoms with Gasteiger partial charge in [-0.2, -0.15) is 0 Å². The van der Waals surface area contributed by atoms with E-state index in [1.165, 1.54) is 15.6 Å². The average Bonchev–Trinajstić information content (AvgIpc) is 2.59. The normalized spacial score (nSPS) is 15.7. The summed E-state index contributed by atoms with van der Waals surface area (Å²) in [4.78, 5) is 12.8. The summed E-state index contributed by atoms with van der Waals surface area (Å²) in [5, 5.41) is 1.26. The highest BCUT2D eigenvalue weighted by molar-refractivity contribution is 9.10. The Bertz CT molecular complexity index is 556. The topological polar surface area (TPSA) is 17.1 Å². The maximum absolute atomic E-state index is 11.8. The molecule has 0 radical (unpaired) electrons. The van der Waals surface area contributed by atoms with E-state index in [9.17, 15) is 4.79 Å². The van der Waals surface area contributed by atoms with Crippen LogP contribution in [-0.4, -0.2) is 5.78 Å². The first-order chi connectivity index (χ1) is 7.27. The molecule has 0 saturated heterocycles. The lowest BCUT2D eigenvalue weighted by Gasteiger charge is -2.09. The third kappa shape index (κ3) is 1.37. The van der Waals surface area contributed by atoms with Crippen LogP contribution in [0.4, 0.5) is 0 Å². The van der Waals surface area contributed by atoms with E-state index in [1.807, 2.05) is 6.07 Å². The van der Waals surface area contributed by atoms with Crippen molar-refractivity contribution in [3.63, 3.8) is 0 Å². The van der Waals surface area contributed by atoms with Crippen LogP contribution in [0.2, 0.25) is 0 Å². The molecule has 0 N–H and O–H groups in total. The summed E-state index contributed by atoms with van der Waals surface area (Å²) < 4.78 is 2.34. The van der Waals surface area contributed by atoms with Crippen molar-refractivity contribution in [1.29, 1.82) is 0 Å². The first kappa shape index (κ1) is 9.55. The Morgan fingerprint density at radius 3 is 3.00 bits per heavy atom. The fourth-order valence-electron chi connectivity index (χ4n) is 2.17. The number of fused-ring (bicyclic) bond motifs is 3. The predicted octanol–water partition coefficient (Wildman–Crippen LogP) is 4.18. The minimum Gasteiger partial charge on any atom is -0.293 e. The van der Waals surface area contributed by atoms with Crippen molar-refractivity contribution < 1.29 is 4.79 Å².